The molecule has 0 spiro atoms. The maximum absolute atomic E-state index is 12.5. The van der Waals surface area contributed by atoms with E-state index < -0.39 is 0 Å². The Hall–Kier alpha value is -2.71. The van der Waals surface area contributed by atoms with Crippen LogP contribution in [0.25, 0.3) is 10.2 Å². The number of thiazole rings is 1. The molecule has 26 heavy (non-hydrogen) atoms. The fraction of sp³-hybridized carbons (Fsp3) is 0.176. The smallest absolute Gasteiger partial charge is 0.269 e. The summed E-state index contributed by atoms with van der Waals surface area (Å²) in [7, 11) is 4.48. The lowest BCUT2D eigenvalue weighted by Gasteiger charge is -2.14. The molecule has 0 fully saturated rings. The Balaban J connectivity index is 1.80. The molecule has 1 amide bonds. The number of benzene rings is 2. The Morgan fingerprint density at radius 2 is 1.81 bits per heavy atom. The van der Waals surface area contributed by atoms with Crippen LogP contribution in [0.5, 0.6) is 17.2 Å². The molecule has 0 aliphatic heterocycles. The summed E-state index contributed by atoms with van der Waals surface area (Å²) in [4.78, 5) is 16.8. The van der Waals surface area contributed by atoms with Gasteiger partial charge in [0.2, 0.25) is 10.9 Å². The van der Waals surface area contributed by atoms with E-state index in [-0.39, 0.29) is 5.91 Å². The van der Waals surface area contributed by atoms with Crippen LogP contribution in [-0.4, -0.2) is 32.2 Å². The number of nitrogens with one attached hydrogen (secondary N) is 2. The van der Waals surface area contributed by atoms with Crippen molar-refractivity contribution in [1.82, 2.24) is 10.4 Å². The second kappa shape index (κ2) is 7.67. The third kappa shape index (κ3) is 3.47. The van der Waals surface area contributed by atoms with E-state index in [4.69, 9.17) is 25.8 Å². The predicted octanol–water partition coefficient (Wildman–Crippen LogP) is 3.73. The molecular weight excluding hydrogens is 378 g/mol. The number of ether oxygens (including phenoxy) is 3. The molecule has 7 nitrogen and oxygen atoms in total. The summed E-state index contributed by atoms with van der Waals surface area (Å²) < 4.78 is 16.7. The van der Waals surface area contributed by atoms with E-state index in [2.05, 4.69) is 15.8 Å². The number of carbonyl (C=O) groups is 1. The molecule has 1 heterocycles. The molecule has 2 N–H and O–H groups in total. The average molecular weight is 394 g/mol. The summed E-state index contributed by atoms with van der Waals surface area (Å²) in [5, 5.41) is 1.08. The Morgan fingerprint density at radius 3 is 2.38 bits per heavy atom. The molecule has 0 aliphatic carbocycles. The Bertz CT molecular complexity index is 935. The van der Waals surface area contributed by atoms with Crippen molar-refractivity contribution in [2.75, 3.05) is 26.8 Å². The number of hydrogen-bond acceptors (Lipinski definition) is 7. The number of fused-ring (bicyclic) bond motifs is 1. The first kappa shape index (κ1) is 18.1. The van der Waals surface area contributed by atoms with Crippen molar-refractivity contribution in [2.45, 2.75) is 0 Å². The van der Waals surface area contributed by atoms with E-state index >= 15 is 0 Å². The third-order valence-corrected chi connectivity index (χ3v) is 4.82. The number of methoxy groups -OCH3 is 3. The molecule has 9 heteroatoms. The highest BCUT2D eigenvalue weighted by molar-refractivity contribution is 7.22. The van der Waals surface area contributed by atoms with E-state index in [1.807, 2.05) is 12.1 Å². The zero-order valence-electron chi connectivity index (χ0n) is 14.3. The molecule has 1 aromatic heterocycles. The summed E-state index contributed by atoms with van der Waals surface area (Å²) in [6.45, 7) is 0. The molecule has 3 rings (SSSR count). The number of carbonyl (C=O) groups excluding carboxylic acids is 1. The van der Waals surface area contributed by atoms with Gasteiger partial charge in [0.1, 0.15) is 5.52 Å². The van der Waals surface area contributed by atoms with Crippen molar-refractivity contribution in [3.63, 3.8) is 0 Å². The molecule has 0 atom stereocenters. The summed E-state index contributed by atoms with van der Waals surface area (Å²) in [5.41, 5.74) is 6.42. The lowest BCUT2D eigenvalue weighted by molar-refractivity contribution is 0.0962. The van der Waals surface area contributed by atoms with E-state index in [0.717, 1.165) is 4.70 Å². The predicted molar refractivity (Wildman–Crippen MR) is 102 cm³/mol. The van der Waals surface area contributed by atoms with Gasteiger partial charge >= 0.3 is 0 Å². The van der Waals surface area contributed by atoms with Gasteiger partial charge in [0.25, 0.3) is 5.91 Å². The number of hydrogen-bond donors (Lipinski definition) is 2. The van der Waals surface area contributed by atoms with Crippen molar-refractivity contribution in [2.24, 2.45) is 0 Å². The van der Waals surface area contributed by atoms with Crippen molar-refractivity contribution in [3.05, 3.63) is 40.9 Å². The van der Waals surface area contributed by atoms with Crippen molar-refractivity contribution in [3.8, 4) is 17.2 Å². The molecule has 0 unspecified atom stereocenters. The van der Waals surface area contributed by atoms with Gasteiger partial charge in [-0.25, -0.2) is 4.98 Å². The standard InChI is InChI=1S/C17H16ClN3O4S/c1-23-11-7-9(8-12(24-2)15(11)25-3)16(22)20-21-17-19-14-10(18)5-4-6-13(14)26-17/h4-8H,1-3H3,(H,19,21)(H,20,22). The maximum atomic E-state index is 12.5. The highest BCUT2D eigenvalue weighted by Gasteiger charge is 2.17. The van der Waals surface area contributed by atoms with E-state index in [1.165, 1.54) is 32.7 Å². The maximum Gasteiger partial charge on any atom is 0.269 e. The SMILES string of the molecule is COc1cc(C(=O)NNc2nc3c(Cl)cccc3s2)cc(OC)c1OC. The molecule has 0 radical (unpaired) electrons. The molecular formula is C17H16ClN3O4S. The number of amides is 1. The number of rotatable bonds is 6. The molecule has 2 aromatic carbocycles. The van der Waals surface area contributed by atoms with Gasteiger partial charge in [0, 0.05) is 5.56 Å². The number of hydrazine groups is 1. The first-order chi connectivity index (χ1) is 12.6. The molecule has 0 aliphatic rings. The van der Waals surface area contributed by atoms with Crippen LogP contribution in [0.2, 0.25) is 5.02 Å². The van der Waals surface area contributed by atoms with Gasteiger partial charge in [-0.1, -0.05) is 29.0 Å². The van der Waals surface area contributed by atoms with Crippen LogP contribution >= 0.6 is 22.9 Å². The summed E-state index contributed by atoms with van der Waals surface area (Å²) in [6, 6.07) is 8.65. The zero-order valence-corrected chi connectivity index (χ0v) is 15.8. The molecule has 0 saturated heterocycles. The molecule has 136 valence electrons. The molecule has 3 aromatic rings. The van der Waals surface area contributed by atoms with E-state index in [9.17, 15) is 4.79 Å². The number of para-hydroxylation sites is 1. The topological polar surface area (TPSA) is 81.7 Å². The summed E-state index contributed by atoms with van der Waals surface area (Å²) >= 11 is 7.49. The molecule has 0 bridgehead atoms. The van der Waals surface area contributed by atoms with Gasteiger partial charge in [-0.3, -0.25) is 15.6 Å². The Kier molecular flexibility index (Phi) is 5.34. The van der Waals surface area contributed by atoms with Gasteiger partial charge in [0.15, 0.2) is 11.5 Å². The quantitative estimate of drug-likeness (QED) is 0.621. The summed E-state index contributed by atoms with van der Waals surface area (Å²) in [6.07, 6.45) is 0. The van der Waals surface area contributed by atoms with Crippen LogP contribution < -0.4 is 25.1 Å². The normalized spacial score (nSPS) is 10.5. The second-order valence-corrected chi connectivity index (χ2v) is 6.54. The lowest BCUT2D eigenvalue weighted by atomic mass is 10.1. The van der Waals surface area contributed by atoms with Gasteiger partial charge in [-0.2, -0.15) is 0 Å². The number of aromatic nitrogens is 1. The largest absolute Gasteiger partial charge is 0.493 e. The zero-order chi connectivity index (χ0) is 18.7. The lowest BCUT2D eigenvalue weighted by Crippen LogP contribution is -2.29. The Labute approximate surface area is 158 Å². The van der Waals surface area contributed by atoms with Gasteiger partial charge in [0.05, 0.1) is 31.1 Å². The average Bonchev–Trinajstić information content (AvgIpc) is 3.09. The first-order valence-electron chi connectivity index (χ1n) is 7.48. The van der Waals surface area contributed by atoms with Crippen molar-refractivity contribution >= 4 is 44.2 Å². The van der Waals surface area contributed by atoms with E-state index in [1.54, 1.807) is 18.2 Å². The van der Waals surface area contributed by atoms with Crippen molar-refractivity contribution in [1.29, 1.82) is 0 Å². The van der Waals surface area contributed by atoms with Gasteiger partial charge < -0.3 is 14.2 Å². The van der Waals surface area contributed by atoms with Crippen LogP contribution in [-0.2, 0) is 0 Å². The minimum atomic E-state index is -0.380. The highest BCUT2D eigenvalue weighted by atomic mass is 35.5. The minimum absolute atomic E-state index is 0.339. The van der Waals surface area contributed by atoms with Crippen LogP contribution in [0.1, 0.15) is 10.4 Å². The summed E-state index contributed by atoms with van der Waals surface area (Å²) in [5.74, 6) is 0.822. The van der Waals surface area contributed by atoms with Crippen molar-refractivity contribution < 1.29 is 19.0 Å². The molecule has 0 saturated carbocycles. The number of anilines is 1. The van der Waals surface area contributed by atoms with Crippen LogP contribution in [0, 0.1) is 0 Å². The van der Waals surface area contributed by atoms with Gasteiger partial charge in [-0.15, -0.1) is 0 Å². The third-order valence-electron chi connectivity index (χ3n) is 3.58. The van der Waals surface area contributed by atoms with Crippen LogP contribution in [0.3, 0.4) is 0 Å². The monoisotopic (exact) mass is 393 g/mol. The first-order valence-corrected chi connectivity index (χ1v) is 8.68. The Morgan fingerprint density at radius 1 is 1.12 bits per heavy atom. The van der Waals surface area contributed by atoms with E-state index in [0.29, 0.717) is 38.5 Å². The fourth-order valence-corrected chi connectivity index (χ4v) is 3.48. The number of halogens is 1. The van der Waals surface area contributed by atoms with Crippen LogP contribution in [0.15, 0.2) is 30.3 Å². The van der Waals surface area contributed by atoms with Gasteiger partial charge in [-0.05, 0) is 24.3 Å². The highest BCUT2D eigenvalue weighted by Crippen LogP contribution is 2.38. The fourth-order valence-electron chi connectivity index (χ4n) is 2.36. The second-order valence-electron chi connectivity index (χ2n) is 5.10. The number of nitrogens with zero attached hydrogens (tertiary/aromatic N) is 1. The minimum Gasteiger partial charge on any atom is -0.493 e. The van der Waals surface area contributed by atoms with Crippen LogP contribution in [0.4, 0.5) is 5.13 Å².